The van der Waals surface area contributed by atoms with Crippen molar-refractivity contribution in [2.45, 2.75) is 30.3 Å². The van der Waals surface area contributed by atoms with E-state index in [0.29, 0.717) is 6.42 Å². The third kappa shape index (κ3) is 3.30. The summed E-state index contributed by atoms with van der Waals surface area (Å²) < 4.78 is 26.8. The molecular formula is C19H20N2O3S. The zero-order valence-corrected chi connectivity index (χ0v) is 14.7. The van der Waals surface area contributed by atoms with Crippen LogP contribution in [0.25, 0.3) is 0 Å². The Labute approximate surface area is 148 Å². The molecular weight excluding hydrogens is 336 g/mol. The maximum Gasteiger partial charge on any atom is 0.332 e. The number of sulfonamides is 1. The van der Waals surface area contributed by atoms with Crippen molar-refractivity contribution in [1.29, 1.82) is 0 Å². The summed E-state index contributed by atoms with van der Waals surface area (Å²) in [4.78, 5) is 12.5. The number of nitrogens with one attached hydrogen (secondary N) is 1. The standard InChI is InChI=1S/C19H20N2O3S/c1-3-18-17(13-15-7-5-4-6-8-15)20-19(22)21(18)25(23,24)16-11-9-14(2)10-12-16/h3-12,17-18H,1,13H2,2H3,(H,20,22)/t17-,18+/m0/s1. The molecule has 0 saturated carbocycles. The van der Waals surface area contributed by atoms with Crippen molar-refractivity contribution in [3.05, 3.63) is 78.4 Å². The third-order valence-corrected chi connectivity index (χ3v) is 6.10. The molecule has 0 spiro atoms. The van der Waals surface area contributed by atoms with Gasteiger partial charge in [-0.1, -0.05) is 54.1 Å². The van der Waals surface area contributed by atoms with Crippen molar-refractivity contribution in [3.8, 4) is 0 Å². The number of hydrogen-bond donors (Lipinski definition) is 1. The zero-order chi connectivity index (χ0) is 18.0. The predicted molar refractivity (Wildman–Crippen MR) is 96.7 cm³/mol. The molecule has 0 aliphatic carbocycles. The molecule has 1 aliphatic rings. The van der Waals surface area contributed by atoms with Gasteiger partial charge in [0.2, 0.25) is 0 Å². The molecule has 0 aromatic heterocycles. The van der Waals surface area contributed by atoms with Crippen molar-refractivity contribution in [2.24, 2.45) is 0 Å². The second-order valence-corrected chi connectivity index (χ2v) is 7.90. The van der Waals surface area contributed by atoms with Crippen molar-refractivity contribution < 1.29 is 13.2 Å². The van der Waals surface area contributed by atoms with E-state index >= 15 is 0 Å². The van der Waals surface area contributed by atoms with Gasteiger partial charge in [0, 0.05) is 0 Å². The van der Waals surface area contributed by atoms with E-state index in [1.54, 1.807) is 12.1 Å². The highest BCUT2D eigenvalue weighted by Crippen LogP contribution is 2.26. The number of carbonyl (C=O) groups is 1. The average molecular weight is 356 g/mol. The normalized spacial score (nSPS) is 20.4. The molecule has 2 aromatic rings. The smallest absolute Gasteiger partial charge is 0.332 e. The first-order valence-corrected chi connectivity index (χ1v) is 9.45. The van der Waals surface area contributed by atoms with Crippen molar-refractivity contribution in [2.75, 3.05) is 0 Å². The van der Waals surface area contributed by atoms with Gasteiger partial charge < -0.3 is 5.32 Å². The van der Waals surface area contributed by atoms with E-state index < -0.39 is 22.1 Å². The average Bonchev–Trinajstić information content (AvgIpc) is 2.92. The number of aryl methyl sites for hydroxylation is 1. The van der Waals surface area contributed by atoms with Gasteiger partial charge in [0.05, 0.1) is 17.0 Å². The molecule has 0 radical (unpaired) electrons. The van der Waals surface area contributed by atoms with Crippen LogP contribution < -0.4 is 5.32 Å². The van der Waals surface area contributed by atoms with Crippen LogP contribution in [0.1, 0.15) is 11.1 Å². The minimum absolute atomic E-state index is 0.0976. The molecule has 0 unspecified atom stereocenters. The van der Waals surface area contributed by atoms with Crippen LogP contribution in [-0.2, 0) is 16.4 Å². The van der Waals surface area contributed by atoms with Gasteiger partial charge in [-0.15, -0.1) is 6.58 Å². The highest BCUT2D eigenvalue weighted by molar-refractivity contribution is 7.89. The number of hydrogen-bond acceptors (Lipinski definition) is 3. The summed E-state index contributed by atoms with van der Waals surface area (Å²) in [7, 11) is -3.94. The largest absolute Gasteiger partial charge is 0.332 e. The lowest BCUT2D eigenvalue weighted by atomic mass is 10.0. The Bertz CT molecular complexity index is 877. The summed E-state index contributed by atoms with van der Waals surface area (Å²) >= 11 is 0. The van der Waals surface area contributed by atoms with Crippen LogP contribution in [-0.4, -0.2) is 30.8 Å². The monoisotopic (exact) mass is 356 g/mol. The summed E-state index contributed by atoms with van der Waals surface area (Å²) in [6, 6.07) is 14.5. The molecule has 5 nitrogen and oxygen atoms in total. The molecule has 0 bridgehead atoms. The number of nitrogens with zero attached hydrogens (tertiary/aromatic N) is 1. The molecule has 2 amide bonds. The van der Waals surface area contributed by atoms with Gasteiger partial charge in [0.25, 0.3) is 10.0 Å². The summed E-state index contributed by atoms with van der Waals surface area (Å²) in [5, 5.41) is 2.78. The molecule has 6 heteroatoms. The summed E-state index contributed by atoms with van der Waals surface area (Å²) in [6.07, 6.45) is 2.04. The van der Waals surface area contributed by atoms with Crippen LogP contribution in [0.5, 0.6) is 0 Å². The van der Waals surface area contributed by atoms with Crippen molar-refractivity contribution >= 4 is 16.1 Å². The maximum absolute atomic E-state index is 12.9. The van der Waals surface area contributed by atoms with Gasteiger partial charge in [-0.3, -0.25) is 0 Å². The number of rotatable bonds is 5. The van der Waals surface area contributed by atoms with E-state index in [-0.39, 0.29) is 10.9 Å². The minimum Gasteiger partial charge on any atom is -0.332 e. The lowest BCUT2D eigenvalue weighted by Gasteiger charge is -2.23. The van der Waals surface area contributed by atoms with Gasteiger partial charge in [-0.25, -0.2) is 17.5 Å². The summed E-state index contributed by atoms with van der Waals surface area (Å²) in [6.45, 7) is 5.62. The van der Waals surface area contributed by atoms with Crippen molar-refractivity contribution in [1.82, 2.24) is 9.62 Å². The van der Waals surface area contributed by atoms with Gasteiger partial charge in [-0.2, -0.15) is 0 Å². The van der Waals surface area contributed by atoms with Crippen LogP contribution in [0, 0.1) is 6.92 Å². The van der Waals surface area contributed by atoms with E-state index in [4.69, 9.17) is 0 Å². The van der Waals surface area contributed by atoms with E-state index in [1.807, 2.05) is 37.3 Å². The van der Waals surface area contributed by atoms with E-state index in [9.17, 15) is 13.2 Å². The summed E-state index contributed by atoms with van der Waals surface area (Å²) in [5.41, 5.74) is 1.97. The van der Waals surface area contributed by atoms with Gasteiger partial charge >= 0.3 is 6.03 Å². The topological polar surface area (TPSA) is 66.5 Å². The van der Waals surface area contributed by atoms with Gasteiger partial charge in [0.15, 0.2) is 0 Å². The number of benzene rings is 2. The van der Waals surface area contributed by atoms with E-state index in [2.05, 4.69) is 11.9 Å². The summed E-state index contributed by atoms with van der Waals surface area (Å²) in [5.74, 6) is 0. The molecule has 1 saturated heterocycles. The molecule has 1 aliphatic heterocycles. The second-order valence-electron chi connectivity index (χ2n) is 6.09. The lowest BCUT2D eigenvalue weighted by molar-refractivity contribution is 0.233. The van der Waals surface area contributed by atoms with Gasteiger partial charge in [0.1, 0.15) is 0 Å². The Morgan fingerprint density at radius 3 is 2.36 bits per heavy atom. The van der Waals surface area contributed by atoms with Crippen LogP contribution >= 0.6 is 0 Å². The SMILES string of the molecule is C=C[C@@H]1[C@H](Cc2ccccc2)NC(=O)N1S(=O)(=O)c1ccc(C)cc1. The molecule has 25 heavy (non-hydrogen) atoms. The molecule has 3 rings (SSSR count). The van der Waals surface area contributed by atoms with Crippen LogP contribution in [0.2, 0.25) is 0 Å². The number of carbonyl (C=O) groups excluding carboxylic acids is 1. The number of urea groups is 1. The first kappa shape index (κ1) is 17.2. The second kappa shape index (κ2) is 6.72. The zero-order valence-electron chi connectivity index (χ0n) is 13.9. The Hall–Kier alpha value is -2.60. The highest BCUT2D eigenvalue weighted by Gasteiger charge is 2.44. The Kier molecular flexibility index (Phi) is 4.63. The fourth-order valence-electron chi connectivity index (χ4n) is 3.00. The van der Waals surface area contributed by atoms with E-state index in [1.165, 1.54) is 18.2 Å². The molecule has 1 fully saturated rings. The molecule has 130 valence electrons. The van der Waals surface area contributed by atoms with Gasteiger partial charge in [-0.05, 0) is 31.0 Å². The minimum atomic E-state index is -3.94. The maximum atomic E-state index is 12.9. The lowest BCUT2D eigenvalue weighted by Crippen LogP contribution is -2.40. The van der Waals surface area contributed by atoms with E-state index in [0.717, 1.165) is 15.4 Å². The first-order chi connectivity index (χ1) is 11.9. The molecule has 1 heterocycles. The number of amides is 2. The fourth-order valence-corrected chi connectivity index (χ4v) is 4.53. The van der Waals surface area contributed by atoms with Crippen LogP contribution in [0.15, 0.2) is 72.1 Å². The Morgan fingerprint density at radius 1 is 1.12 bits per heavy atom. The fraction of sp³-hybridized carbons (Fsp3) is 0.211. The van der Waals surface area contributed by atoms with Crippen LogP contribution in [0.3, 0.4) is 0 Å². The third-order valence-electron chi connectivity index (χ3n) is 4.31. The Morgan fingerprint density at radius 2 is 1.76 bits per heavy atom. The predicted octanol–water partition coefficient (Wildman–Crippen LogP) is 2.87. The molecule has 1 N–H and O–H groups in total. The Balaban J connectivity index is 1.91. The highest BCUT2D eigenvalue weighted by atomic mass is 32.2. The first-order valence-electron chi connectivity index (χ1n) is 8.01. The van der Waals surface area contributed by atoms with Crippen molar-refractivity contribution in [3.63, 3.8) is 0 Å². The quantitative estimate of drug-likeness (QED) is 0.838. The van der Waals surface area contributed by atoms with Crippen LogP contribution in [0.4, 0.5) is 4.79 Å². The molecule has 2 atom stereocenters. The molecule has 2 aromatic carbocycles.